The molecule has 0 unspecified atom stereocenters. The highest BCUT2D eigenvalue weighted by molar-refractivity contribution is 7.17. The molecule has 0 amide bonds. The first-order chi connectivity index (χ1) is 5.86. The van der Waals surface area contributed by atoms with Crippen LogP contribution in [0.5, 0.6) is 5.75 Å². The lowest BCUT2D eigenvalue weighted by molar-refractivity contribution is 0.479. The van der Waals surface area contributed by atoms with E-state index in [4.69, 9.17) is 0 Å². The summed E-state index contributed by atoms with van der Waals surface area (Å²) in [6, 6.07) is 2.74. The first-order valence-electron chi connectivity index (χ1n) is 4.13. The number of rotatable bonds is 1. The summed E-state index contributed by atoms with van der Waals surface area (Å²) in [5.41, 5.74) is 1.19. The molecule has 0 bridgehead atoms. The van der Waals surface area contributed by atoms with E-state index in [1.54, 1.807) is 11.3 Å². The molecule has 1 saturated carbocycles. The first kappa shape index (κ1) is 6.54. The minimum Gasteiger partial charge on any atom is -0.505 e. The van der Waals surface area contributed by atoms with E-state index in [0.29, 0.717) is 11.8 Å². The van der Waals surface area contributed by atoms with Crippen molar-refractivity contribution in [3.05, 3.63) is 17.6 Å². The standard InChI is InChI=1S/C9H9NOS/c11-8-5-10(6-1-2-6)7-3-4-12-9(7)8/h3-6,11H,1-2H2. The Morgan fingerprint density at radius 2 is 2.33 bits per heavy atom. The molecule has 0 atom stereocenters. The van der Waals surface area contributed by atoms with Crippen LogP contribution in [0.3, 0.4) is 0 Å². The summed E-state index contributed by atoms with van der Waals surface area (Å²) in [4.78, 5) is 0. The van der Waals surface area contributed by atoms with Crippen LogP contribution in [0.25, 0.3) is 10.2 Å². The molecule has 1 fully saturated rings. The van der Waals surface area contributed by atoms with Crippen LogP contribution in [0.2, 0.25) is 0 Å². The van der Waals surface area contributed by atoms with E-state index < -0.39 is 0 Å². The van der Waals surface area contributed by atoms with Crippen molar-refractivity contribution in [2.45, 2.75) is 18.9 Å². The predicted molar refractivity (Wildman–Crippen MR) is 49.8 cm³/mol. The molecule has 3 heteroatoms. The van der Waals surface area contributed by atoms with Crippen molar-refractivity contribution >= 4 is 21.6 Å². The minimum absolute atomic E-state index is 0.437. The SMILES string of the molecule is Oc1cn(C2CC2)c2ccsc12. The number of thiophene rings is 1. The van der Waals surface area contributed by atoms with Crippen LogP contribution in [0, 0.1) is 0 Å². The fraction of sp³-hybridized carbons (Fsp3) is 0.333. The van der Waals surface area contributed by atoms with E-state index in [1.807, 2.05) is 11.6 Å². The second-order valence-electron chi connectivity index (χ2n) is 3.29. The second kappa shape index (κ2) is 2.04. The maximum atomic E-state index is 9.55. The van der Waals surface area contributed by atoms with Crippen LogP contribution < -0.4 is 0 Å². The number of hydrogen-bond donors (Lipinski definition) is 1. The molecule has 1 aliphatic carbocycles. The number of hydrogen-bond acceptors (Lipinski definition) is 2. The highest BCUT2D eigenvalue weighted by Crippen LogP contribution is 2.42. The van der Waals surface area contributed by atoms with Crippen molar-refractivity contribution in [2.75, 3.05) is 0 Å². The Labute approximate surface area is 74.1 Å². The van der Waals surface area contributed by atoms with Gasteiger partial charge in [0.1, 0.15) is 0 Å². The summed E-state index contributed by atoms with van der Waals surface area (Å²) < 4.78 is 3.23. The zero-order valence-corrected chi connectivity index (χ0v) is 7.34. The predicted octanol–water partition coefficient (Wildman–Crippen LogP) is 2.74. The molecule has 2 aromatic heterocycles. The quantitative estimate of drug-likeness (QED) is 0.715. The van der Waals surface area contributed by atoms with Gasteiger partial charge >= 0.3 is 0 Å². The molecule has 1 N–H and O–H groups in total. The number of aromatic nitrogens is 1. The first-order valence-corrected chi connectivity index (χ1v) is 5.01. The Morgan fingerprint density at radius 1 is 1.50 bits per heavy atom. The van der Waals surface area contributed by atoms with E-state index >= 15 is 0 Å². The van der Waals surface area contributed by atoms with Gasteiger partial charge < -0.3 is 9.67 Å². The number of aromatic hydroxyl groups is 1. The van der Waals surface area contributed by atoms with Crippen molar-refractivity contribution in [2.24, 2.45) is 0 Å². The molecule has 0 aliphatic heterocycles. The van der Waals surface area contributed by atoms with Crippen molar-refractivity contribution in [3.63, 3.8) is 0 Å². The Morgan fingerprint density at radius 3 is 3.08 bits per heavy atom. The van der Waals surface area contributed by atoms with E-state index in [2.05, 4.69) is 10.6 Å². The molecule has 0 radical (unpaired) electrons. The Kier molecular flexibility index (Phi) is 1.11. The Hall–Kier alpha value is -0.960. The lowest BCUT2D eigenvalue weighted by Gasteiger charge is -1.97. The van der Waals surface area contributed by atoms with Gasteiger partial charge in [0.25, 0.3) is 0 Å². The monoisotopic (exact) mass is 179 g/mol. The maximum Gasteiger partial charge on any atom is 0.151 e. The lowest BCUT2D eigenvalue weighted by Crippen LogP contribution is -1.88. The van der Waals surface area contributed by atoms with E-state index in [-0.39, 0.29) is 0 Å². The molecule has 0 saturated heterocycles. The molecule has 0 spiro atoms. The smallest absolute Gasteiger partial charge is 0.151 e. The summed E-state index contributed by atoms with van der Waals surface area (Å²) in [5.74, 6) is 0.437. The van der Waals surface area contributed by atoms with Crippen LogP contribution in [0.4, 0.5) is 0 Å². The largest absolute Gasteiger partial charge is 0.505 e. The van der Waals surface area contributed by atoms with Gasteiger partial charge in [-0.1, -0.05) is 0 Å². The van der Waals surface area contributed by atoms with Crippen molar-refractivity contribution in [1.82, 2.24) is 4.57 Å². The molecular formula is C9H9NOS. The van der Waals surface area contributed by atoms with Gasteiger partial charge in [0.05, 0.1) is 10.2 Å². The number of fused-ring (bicyclic) bond motifs is 1. The molecule has 2 nitrogen and oxygen atoms in total. The zero-order chi connectivity index (χ0) is 8.13. The highest BCUT2D eigenvalue weighted by atomic mass is 32.1. The van der Waals surface area contributed by atoms with Gasteiger partial charge in [-0.3, -0.25) is 0 Å². The molecule has 12 heavy (non-hydrogen) atoms. The van der Waals surface area contributed by atoms with Crippen LogP contribution in [-0.4, -0.2) is 9.67 Å². The topological polar surface area (TPSA) is 25.2 Å². The normalized spacial score (nSPS) is 17.3. The van der Waals surface area contributed by atoms with E-state index in [0.717, 1.165) is 4.70 Å². The van der Waals surface area contributed by atoms with Gasteiger partial charge in [0.2, 0.25) is 0 Å². The summed E-state index contributed by atoms with van der Waals surface area (Å²) >= 11 is 1.61. The third-order valence-electron chi connectivity index (χ3n) is 2.36. The number of nitrogens with zero attached hydrogens (tertiary/aromatic N) is 1. The van der Waals surface area contributed by atoms with Crippen LogP contribution in [0.15, 0.2) is 17.6 Å². The summed E-state index contributed by atoms with van der Waals surface area (Å²) in [6.45, 7) is 0. The van der Waals surface area contributed by atoms with Crippen LogP contribution >= 0.6 is 11.3 Å². The van der Waals surface area contributed by atoms with Gasteiger partial charge in [-0.25, -0.2) is 0 Å². The Bertz CT molecular complexity index is 425. The minimum atomic E-state index is 0.437. The van der Waals surface area contributed by atoms with Crippen LogP contribution in [-0.2, 0) is 0 Å². The van der Waals surface area contributed by atoms with Crippen molar-refractivity contribution < 1.29 is 5.11 Å². The van der Waals surface area contributed by atoms with Crippen LogP contribution in [0.1, 0.15) is 18.9 Å². The molecular weight excluding hydrogens is 170 g/mol. The molecule has 0 aromatic carbocycles. The third kappa shape index (κ3) is 0.743. The van der Waals surface area contributed by atoms with E-state index in [1.165, 1.54) is 18.4 Å². The fourth-order valence-corrected chi connectivity index (χ4v) is 2.41. The molecule has 2 heterocycles. The van der Waals surface area contributed by atoms with Crippen molar-refractivity contribution in [3.8, 4) is 5.75 Å². The van der Waals surface area contributed by atoms with E-state index in [9.17, 15) is 5.11 Å². The lowest BCUT2D eigenvalue weighted by atomic mass is 10.5. The summed E-state index contributed by atoms with van der Waals surface area (Å²) in [7, 11) is 0. The molecule has 3 rings (SSSR count). The van der Waals surface area contributed by atoms with Gasteiger partial charge in [-0.2, -0.15) is 0 Å². The third-order valence-corrected chi connectivity index (χ3v) is 3.28. The van der Waals surface area contributed by atoms with Crippen molar-refractivity contribution in [1.29, 1.82) is 0 Å². The molecule has 62 valence electrons. The van der Waals surface area contributed by atoms with Gasteiger partial charge in [-0.15, -0.1) is 11.3 Å². The van der Waals surface area contributed by atoms with Gasteiger partial charge in [0, 0.05) is 12.2 Å². The Balaban J connectivity index is 2.33. The zero-order valence-electron chi connectivity index (χ0n) is 6.53. The fourth-order valence-electron chi connectivity index (χ4n) is 1.61. The molecule has 2 aromatic rings. The summed E-state index contributed by atoms with van der Waals surface area (Å²) in [6.07, 6.45) is 4.39. The molecule has 1 aliphatic rings. The van der Waals surface area contributed by atoms with Gasteiger partial charge in [-0.05, 0) is 24.3 Å². The highest BCUT2D eigenvalue weighted by Gasteiger charge is 2.25. The van der Waals surface area contributed by atoms with Gasteiger partial charge in [0.15, 0.2) is 5.75 Å². The summed E-state index contributed by atoms with van der Waals surface area (Å²) in [5, 5.41) is 11.6. The average molecular weight is 179 g/mol. The average Bonchev–Trinajstić information content (AvgIpc) is 2.68. The maximum absolute atomic E-state index is 9.55. The second-order valence-corrected chi connectivity index (χ2v) is 4.20.